The Morgan fingerprint density at radius 2 is 1.94 bits per heavy atom. The first-order valence-electron chi connectivity index (χ1n) is 4.48. The molecule has 0 saturated carbocycles. The van der Waals surface area contributed by atoms with Crippen LogP contribution in [0.5, 0.6) is 11.9 Å². The molecule has 7 nitrogen and oxygen atoms in total. The molecule has 0 atom stereocenters. The number of hydrogen-bond acceptors (Lipinski definition) is 6. The Labute approximate surface area is 97.7 Å². The number of aromatic hydroxyl groups is 2. The average Bonchev–Trinajstić information content (AvgIpc) is 2.09. The first-order chi connectivity index (χ1) is 7.34. The van der Waals surface area contributed by atoms with Gasteiger partial charge in [0.1, 0.15) is 5.69 Å². The summed E-state index contributed by atoms with van der Waals surface area (Å²) in [6.07, 6.45) is 0. The van der Waals surface area contributed by atoms with E-state index >= 15 is 0 Å². The zero-order valence-electron chi connectivity index (χ0n) is 8.88. The van der Waals surface area contributed by atoms with Crippen molar-refractivity contribution in [3.8, 4) is 11.9 Å². The second-order valence-electron chi connectivity index (χ2n) is 3.38. The normalized spacial score (nSPS) is 10.4. The maximum Gasteiger partial charge on any atom is 0.319 e. The Morgan fingerprint density at radius 1 is 1.38 bits per heavy atom. The monoisotopic (exact) mass is 243 g/mol. The van der Waals surface area contributed by atoms with Crippen LogP contribution in [0.2, 0.25) is 0 Å². The number of rotatable bonds is 2. The molecule has 88 valence electrons. The first-order valence-corrected chi connectivity index (χ1v) is 4.89. The van der Waals surface area contributed by atoms with Crippen molar-refractivity contribution in [1.29, 1.82) is 0 Å². The van der Waals surface area contributed by atoms with Gasteiger partial charge < -0.3 is 26.6 Å². The van der Waals surface area contributed by atoms with Crippen LogP contribution in [0.4, 0.5) is 11.5 Å². The highest BCUT2D eigenvalue weighted by Crippen LogP contribution is 2.33. The molecule has 6 N–H and O–H groups in total. The fourth-order valence-electron chi connectivity index (χ4n) is 1.30. The zero-order valence-corrected chi connectivity index (χ0v) is 9.69. The molecule has 1 heterocycles. The summed E-state index contributed by atoms with van der Waals surface area (Å²) in [6.45, 7) is 3.62. The molecule has 0 radical (unpaired) electrons. The van der Waals surface area contributed by atoms with Crippen LogP contribution in [0, 0.1) is 0 Å². The second kappa shape index (κ2) is 4.35. The van der Waals surface area contributed by atoms with Gasteiger partial charge in [0.15, 0.2) is 10.9 Å². The van der Waals surface area contributed by atoms with Crippen LogP contribution in [-0.4, -0.2) is 31.3 Å². The molecule has 0 aliphatic carbocycles. The molecule has 0 saturated heterocycles. The standard InChI is InChI=1S/C8H13N5O2S/c1-3(2)13(7(10)16)4-5(9)11-8(15)12-6(4)14/h3H,1-2H3,(H2,10,16)(H4,9,11,12,14,15). The van der Waals surface area contributed by atoms with Gasteiger partial charge >= 0.3 is 6.01 Å². The van der Waals surface area contributed by atoms with E-state index < -0.39 is 11.9 Å². The molecule has 0 aliphatic heterocycles. The van der Waals surface area contributed by atoms with Gasteiger partial charge in [0.2, 0.25) is 5.88 Å². The predicted molar refractivity (Wildman–Crippen MR) is 64.2 cm³/mol. The highest BCUT2D eigenvalue weighted by molar-refractivity contribution is 7.80. The molecule has 0 fully saturated rings. The van der Waals surface area contributed by atoms with Crippen molar-refractivity contribution in [3.05, 3.63) is 0 Å². The van der Waals surface area contributed by atoms with Gasteiger partial charge in [-0.2, -0.15) is 9.97 Å². The quantitative estimate of drug-likeness (QED) is 0.532. The molecule has 1 rings (SSSR count). The van der Waals surface area contributed by atoms with Crippen molar-refractivity contribution in [2.75, 3.05) is 10.6 Å². The summed E-state index contributed by atoms with van der Waals surface area (Å²) in [7, 11) is 0. The Balaban J connectivity index is 3.35. The lowest BCUT2D eigenvalue weighted by atomic mass is 10.3. The van der Waals surface area contributed by atoms with Crippen molar-refractivity contribution in [1.82, 2.24) is 9.97 Å². The first kappa shape index (κ1) is 12.2. The maximum absolute atomic E-state index is 9.59. The summed E-state index contributed by atoms with van der Waals surface area (Å²) >= 11 is 4.85. The fraction of sp³-hybridized carbons (Fsp3) is 0.375. The minimum atomic E-state index is -0.606. The summed E-state index contributed by atoms with van der Waals surface area (Å²) in [4.78, 5) is 8.31. The SMILES string of the molecule is CC(C)N(C(N)=S)c1c(N)nc(O)nc1O. The van der Waals surface area contributed by atoms with Crippen LogP contribution in [0.3, 0.4) is 0 Å². The van der Waals surface area contributed by atoms with Crippen LogP contribution in [0.1, 0.15) is 13.8 Å². The third kappa shape index (κ3) is 2.22. The molecular weight excluding hydrogens is 230 g/mol. The van der Waals surface area contributed by atoms with Crippen LogP contribution >= 0.6 is 12.2 Å². The molecule has 1 aromatic rings. The zero-order chi connectivity index (χ0) is 12.5. The van der Waals surface area contributed by atoms with E-state index in [1.807, 2.05) is 13.8 Å². The smallest absolute Gasteiger partial charge is 0.319 e. The lowest BCUT2D eigenvalue weighted by Crippen LogP contribution is -2.41. The molecule has 0 unspecified atom stereocenters. The van der Waals surface area contributed by atoms with Gasteiger partial charge in [-0.3, -0.25) is 0 Å². The van der Waals surface area contributed by atoms with E-state index in [0.717, 1.165) is 0 Å². The highest BCUT2D eigenvalue weighted by Gasteiger charge is 2.22. The summed E-state index contributed by atoms with van der Waals surface area (Å²) in [6, 6.07) is -0.732. The Hall–Kier alpha value is -1.83. The Morgan fingerprint density at radius 3 is 2.31 bits per heavy atom. The van der Waals surface area contributed by atoms with E-state index in [1.165, 1.54) is 4.90 Å². The average molecular weight is 243 g/mol. The second-order valence-corrected chi connectivity index (χ2v) is 3.80. The minimum Gasteiger partial charge on any atom is -0.492 e. The molecular formula is C8H13N5O2S. The number of hydrogen-bond donors (Lipinski definition) is 4. The topological polar surface area (TPSA) is 122 Å². The number of aromatic nitrogens is 2. The van der Waals surface area contributed by atoms with Crippen LogP contribution in [0.25, 0.3) is 0 Å². The number of anilines is 2. The van der Waals surface area contributed by atoms with E-state index in [4.69, 9.17) is 28.8 Å². The van der Waals surface area contributed by atoms with Crippen molar-refractivity contribution >= 4 is 28.8 Å². The maximum atomic E-state index is 9.59. The van der Waals surface area contributed by atoms with E-state index in [-0.39, 0.29) is 22.7 Å². The van der Waals surface area contributed by atoms with Gasteiger partial charge in [-0.1, -0.05) is 0 Å². The summed E-state index contributed by atoms with van der Waals surface area (Å²) in [5, 5.41) is 18.7. The summed E-state index contributed by atoms with van der Waals surface area (Å²) in [5.74, 6) is -0.557. The lowest BCUT2D eigenvalue weighted by molar-refractivity contribution is 0.399. The highest BCUT2D eigenvalue weighted by atomic mass is 32.1. The van der Waals surface area contributed by atoms with E-state index in [1.54, 1.807) is 0 Å². The molecule has 0 aliphatic rings. The van der Waals surface area contributed by atoms with Gasteiger partial charge in [0, 0.05) is 6.04 Å². The summed E-state index contributed by atoms with van der Waals surface area (Å²) < 4.78 is 0. The Kier molecular flexibility index (Phi) is 3.33. The Bertz CT molecular complexity index is 400. The van der Waals surface area contributed by atoms with E-state index in [2.05, 4.69) is 9.97 Å². The van der Waals surface area contributed by atoms with Crippen molar-refractivity contribution in [2.24, 2.45) is 5.73 Å². The third-order valence-corrected chi connectivity index (χ3v) is 2.07. The number of nitrogens with zero attached hydrogens (tertiary/aromatic N) is 3. The largest absolute Gasteiger partial charge is 0.492 e. The summed E-state index contributed by atoms with van der Waals surface area (Å²) in [5.41, 5.74) is 11.2. The number of nitrogen functional groups attached to an aromatic ring is 1. The van der Waals surface area contributed by atoms with Crippen LogP contribution in [0.15, 0.2) is 0 Å². The predicted octanol–water partition coefficient (Wildman–Crippen LogP) is -0.0716. The molecule has 0 spiro atoms. The van der Waals surface area contributed by atoms with Gasteiger partial charge in [-0.15, -0.1) is 0 Å². The molecule has 16 heavy (non-hydrogen) atoms. The minimum absolute atomic E-state index is 0.0336. The number of nitrogens with two attached hydrogens (primary N) is 2. The van der Waals surface area contributed by atoms with Crippen molar-refractivity contribution < 1.29 is 10.2 Å². The van der Waals surface area contributed by atoms with Gasteiger partial charge in [0.25, 0.3) is 0 Å². The lowest BCUT2D eigenvalue weighted by Gasteiger charge is -2.27. The number of thiocarbonyl (C=S) groups is 1. The van der Waals surface area contributed by atoms with Gasteiger partial charge in [-0.05, 0) is 26.1 Å². The van der Waals surface area contributed by atoms with E-state index in [0.29, 0.717) is 0 Å². The molecule has 0 amide bonds. The molecule has 0 bridgehead atoms. The molecule has 0 aromatic carbocycles. The van der Waals surface area contributed by atoms with Crippen LogP contribution in [-0.2, 0) is 0 Å². The third-order valence-electron chi connectivity index (χ3n) is 1.88. The molecule has 8 heteroatoms. The van der Waals surface area contributed by atoms with Gasteiger partial charge in [-0.25, -0.2) is 0 Å². The van der Waals surface area contributed by atoms with Crippen molar-refractivity contribution in [3.63, 3.8) is 0 Å². The van der Waals surface area contributed by atoms with E-state index in [9.17, 15) is 5.11 Å². The van der Waals surface area contributed by atoms with Gasteiger partial charge in [0.05, 0.1) is 0 Å². The van der Waals surface area contributed by atoms with Crippen LogP contribution < -0.4 is 16.4 Å². The fourth-order valence-corrected chi connectivity index (χ4v) is 1.60. The molecule has 1 aromatic heterocycles. The van der Waals surface area contributed by atoms with Crippen molar-refractivity contribution in [2.45, 2.75) is 19.9 Å².